The first-order valence-corrected chi connectivity index (χ1v) is 4.25. The van der Waals surface area contributed by atoms with Gasteiger partial charge in [0.2, 0.25) is 0 Å². The van der Waals surface area contributed by atoms with E-state index >= 15 is 0 Å². The molecule has 3 heteroatoms. The fourth-order valence-corrected chi connectivity index (χ4v) is 1.18. The van der Waals surface area contributed by atoms with Gasteiger partial charge in [-0.25, -0.2) is 0 Å². The molecule has 1 rings (SSSR count). The Bertz CT molecular complexity index is 356. The SMILES string of the molecule is C=Cc1cc(C=CC)cc(N(O)O)c1. The Kier molecular flexibility index (Phi) is 3.45. The van der Waals surface area contributed by atoms with E-state index in [1.807, 2.05) is 25.1 Å². The van der Waals surface area contributed by atoms with Crippen LogP contribution in [-0.2, 0) is 0 Å². The molecule has 0 aromatic heterocycles. The minimum atomic E-state index is 0.0972. The van der Waals surface area contributed by atoms with Gasteiger partial charge in [0.25, 0.3) is 0 Å². The first kappa shape index (κ1) is 10.5. The first-order chi connectivity index (χ1) is 6.67. The van der Waals surface area contributed by atoms with Crippen LogP contribution in [-0.4, -0.2) is 10.4 Å². The maximum Gasteiger partial charge on any atom is 0.0954 e. The molecule has 1 aromatic carbocycles. The van der Waals surface area contributed by atoms with Gasteiger partial charge in [-0.05, 0) is 36.2 Å². The summed E-state index contributed by atoms with van der Waals surface area (Å²) in [6.07, 6.45) is 5.41. The molecule has 0 aliphatic rings. The van der Waals surface area contributed by atoms with Crippen molar-refractivity contribution in [1.29, 1.82) is 0 Å². The molecule has 0 unspecified atom stereocenters. The average Bonchev–Trinajstić information content (AvgIpc) is 2.17. The van der Waals surface area contributed by atoms with Gasteiger partial charge >= 0.3 is 0 Å². The lowest BCUT2D eigenvalue weighted by Crippen LogP contribution is -2.11. The Morgan fingerprint density at radius 3 is 2.36 bits per heavy atom. The van der Waals surface area contributed by atoms with Crippen molar-refractivity contribution in [2.75, 3.05) is 5.23 Å². The zero-order valence-electron chi connectivity index (χ0n) is 8.01. The summed E-state index contributed by atoms with van der Waals surface area (Å²) in [6, 6.07) is 5.19. The van der Waals surface area contributed by atoms with Crippen LogP contribution in [0.25, 0.3) is 12.2 Å². The highest BCUT2D eigenvalue weighted by molar-refractivity contribution is 5.64. The summed E-state index contributed by atoms with van der Waals surface area (Å²) in [5.74, 6) is 0. The topological polar surface area (TPSA) is 43.7 Å². The number of hydrogen-bond donors (Lipinski definition) is 2. The lowest BCUT2D eigenvalue weighted by atomic mass is 10.1. The van der Waals surface area contributed by atoms with Gasteiger partial charge in [0.05, 0.1) is 5.69 Å². The number of anilines is 1. The van der Waals surface area contributed by atoms with Crippen molar-refractivity contribution in [3.8, 4) is 0 Å². The lowest BCUT2D eigenvalue weighted by molar-refractivity contribution is 0.0291. The quantitative estimate of drug-likeness (QED) is 0.722. The molecule has 0 aliphatic heterocycles. The molecule has 0 atom stereocenters. The predicted molar refractivity (Wildman–Crippen MR) is 57.3 cm³/mol. The predicted octanol–water partition coefficient (Wildman–Crippen LogP) is 2.95. The Labute approximate surface area is 83.1 Å². The molecule has 3 nitrogen and oxygen atoms in total. The highest BCUT2D eigenvalue weighted by atomic mass is 16.8. The largest absolute Gasteiger partial charge is 0.264 e. The molecule has 0 amide bonds. The molecule has 2 N–H and O–H groups in total. The molecule has 0 bridgehead atoms. The highest BCUT2D eigenvalue weighted by Crippen LogP contribution is 2.18. The van der Waals surface area contributed by atoms with Crippen molar-refractivity contribution in [3.05, 3.63) is 42.0 Å². The minimum absolute atomic E-state index is 0.0972. The van der Waals surface area contributed by atoms with Crippen molar-refractivity contribution in [3.63, 3.8) is 0 Å². The van der Waals surface area contributed by atoms with Crippen molar-refractivity contribution in [2.45, 2.75) is 6.92 Å². The lowest BCUT2D eigenvalue weighted by Gasteiger charge is -2.09. The Balaban J connectivity index is 3.19. The fourth-order valence-electron chi connectivity index (χ4n) is 1.18. The van der Waals surface area contributed by atoms with E-state index in [-0.39, 0.29) is 5.23 Å². The molecular formula is C11H13NO2. The van der Waals surface area contributed by atoms with Crippen LogP contribution in [0.5, 0.6) is 0 Å². The second-order valence-corrected chi connectivity index (χ2v) is 2.85. The molecule has 0 fully saturated rings. The van der Waals surface area contributed by atoms with Crippen molar-refractivity contribution in [2.24, 2.45) is 0 Å². The standard InChI is InChI=1S/C11H13NO2/c1-3-5-10-6-9(4-2)7-11(8-10)12(13)14/h3-8,13-14H,2H2,1H3. The average molecular weight is 191 g/mol. The maximum absolute atomic E-state index is 8.87. The van der Waals surface area contributed by atoms with Crippen molar-refractivity contribution >= 4 is 17.8 Å². The van der Waals surface area contributed by atoms with Gasteiger partial charge in [-0.3, -0.25) is 10.4 Å². The van der Waals surface area contributed by atoms with E-state index in [1.54, 1.807) is 18.2 Å². The van der Waals surface area contributed by atoms with Crippen LogP contribution in [0.3, 0.4) is 0 Å². The van der Waals surface area contributed by atoms with E-state index in [2.05, 4.69) is 6.58 Å². The smallest absolute Gasteiger partial charge is 0.0954 e. The second-order valence-electron chi connectivity index (χ2n) is 2.85. The summed E-state index contributed by atoms with van der Waals surface area (Å²) in [4.78, 5) is 0. The van der Waals surface area contributed by atoms with Gasteiger partial charge in [-0.15, -0.1) is 5.23 Å². The molecule has 0 spiro atoms. The van der Waals surface area contributed by atoms with Crippen LogP contribution in [0, 0.1) is 0 Å². The van der Waals surface area contributed by atoms with Gasteiger partial charge < -0.3 is 0 Å². The number of hydrogen-bond acceptors (Lipinski definition) is 3. The second kappa shape index (κ2) is 4.60. The molecule has 0 heterocycles. The summed E-state index contributed by atoms with van der Waals surface area (Å²) >= 11 is 0. The van der Waals surface area contributed by atoms with E-state index in [1.165, 1.54) is 0 Å². The van der Waals surface area contributed by atoms with Gasteiger partial charge in [0.15, 0.2) is 0 Å². The molecule has 0 saturated heterocycles. The normalized spacial score (nSPS) is 10.5. The van der Waals surface area contributed by atoms with Crippen molar-refractivity contribution in [1.82, 2.24) is 0 Å². The molecule has 14 heavy (non-hydrogen) atoms. The third-order valence-electron chi connectivity index (χ3n) is 1.79. The first-order valence-electron chi connectivity index (χ1n) is 4.25. The van der Waals surface area contributed by atoms with Gasteiger partial charge in [0.1, 0.15) is 0 Å². The third-order valence-corrected chi connectivity index (χ3v) is 1.79. The fraction of sp³-hybridized carbons (Fsp3) is 0.0909. The molecule has 0 radical (unpaired) electrons. The Morgan fingerprint density at radius 2 is 1.86 bits per heavy atom. The van der Waals surface area contributed by atoms with Crippen LogP contribution in [0.15, 0.2) is 30.9 Å². The van der Waals surface area contributed by atoms with Gasteiger partial charge in [-0.2, -0.15) is 0 Å². The minimum Gasteiger partial charge on any atom is -0.264 e. The molecular weight excluding hydrogens is 178 g/mol. The van der Waals surface area contributed by atoms with Crippen LogP contribution in [0.4, 0.5) is 5.69 Å². The summed E-state index contributed by atoms with van der Waals surface area (Å²) in [6.45, 7) is 5.53. The maximum atomic E-state index is 8.87. The molecule has 1 aromatic rings. The van der Waals surface area contributed by atoms with Gasteiger partial charge in [0, 0.05) is 0 Å². The van der Waals surface area contributed by atoms with Crippen molar-refractivity contribution < 1.29 is 10.4 Å². The van der Waals surface area contributed by atoms with E-state index in [4.69, 9.17) is 10.4 Å². The van der Waals surface area contributed by atoms with E-state index in [0.29, 0.717) is 5.69 Å². The van der Waals surface area contributed by atoms with Crippen LogP contribution in [0.1, 0.15) is 18.1 Å². The monoisotopic (exact) mass is 191 g/mol. The van der Waals surface area contributed by atoms with E-state index < -0.39 is 0 Å². The number of nitrogens with zero attached hydrogens (tertiary/aromatic N) is 1. The zero-order valence-corrected chi connectivity index (χ0v) is 8.01. The highest BCUT2D eigenvalue weighted by Gasteiger charge is 2.01. The summed E-state index contributed by atoms with van der Waals surface area (Å²) in [5, 5.41) is 17.8. The Hall–Kier alpha value is -1.58. The summed E-state index contributed by atoms with van der Waals surface area (Å²) < 4.78 is 0. The third kappa shape index (κ3) is 2.45. The van der Waals surface area contributed by atoms with Gasteiger partial charge in [-0.1, -0.05) is 24.8 Å². The summed E-state index contributed by atoms with van der Waals surface area (Å²) in [5.41, 5.74) is 2.05. The Morgan fingerprint density at radius 1 is 1.21 bits per heavy atom. The van der Waals surface area contributed by atoms with Crippen LogP contribution in [0.2, 0.25) is 0 Å². The van der Waals surface area contributed by atoms with E-state index in [0.717, 1.165) is 11.1 Å². The van der Waals surface area contributed by atoms with Crippen LogP contribution < -0.4 is 5.23 Å². The van der Waals surface area contributed by atoms with Crippen LogP contribution >= 0.6 is 0 Å². The number of allylic oxidation sites excluding steroid dienone is 1. The molecule has 0 saturated carbocycles. The van der Waals surface area contributed by atoms with E-state index in [9.17, 15) is 0 Å². The molecule has 0 aliphatic carbocycles. The summed E-state index contributed by atoms with van der Waals surface area (Å²) in [7, 11) is 0. The number of rotatable bonds is 3. The zero-order chi connectivity index (χ0) is 10.6. The molecule has 74 valence electrons. The number of benzene rings is 1.